The smallest absolute Gasteiger partial charge is 0.0548 e. The number of ether oxygens (including phenoxy) is 1. The SMILES string of the molecule is C1CNC(CC2(C3CCCC3)COC2)C1. The summed E-state index contributed by atoms with van der Waals surface area (Å²) in [7, 11) is 0. The zero-order valence-electron chi connectivity index (χ0n) is 9.63. The molecule has 3 fully saturated rings. The summed E-state index contributed by atoms with van der Waals surface area (Å²) in [5, 5.41) is 3.65. The van der Waals surface area contributed by atoms with Crippen molar-refractivity contribution in [1.29, 1.82) is 0 Å². The molecule has 2 aliphatic heterocycles. The van der Waals surface area contributed by atoms with Crippen molar-refractivity contribution in [1.82, 2.24) is 5.32 Å². The van der Waals surface area contributed by atoms with Crippen LogP contribution in [0.5, 0.6) is 0 Å². The van der Waals surface area contributed by atoms with Crippen LogP contribution in [0.4, 0.5) is 0 Å². The first-order valence-corrected chi connectivity index (χ1v) is 6.70. The highest BCUT2D eigenvalue weighted by atomic mass is 16.5. The van der Waals surface area contributed by atoms with Gasteiger partial charge in [-0.1, -0.05) is 12.8 Å². The predicted molar refractivity (Wildman–Crippen MR) is 60.9 cm³/mol. The Balaban J connectivity index is 1.63. The molecule has 0 aromatic rings. The highest BCUT2D eigenvalue weighted by Gasteiger charge is 2.47. The van der Waals surface area contributed by atoms with Crippen LogP contribution in [0.15, 0.2) is 0 Å². The Bertz CT molecular complexity index is 213. The largest absolute Gasteiger partial charge is 0.380 e. The van der Waals surface area contributed by atoms with E-state index >= 15 is 0 Å². The van der Waals surface area contributed by atoms with E-state index in [1.54, 1.807) is 0 Å². The van der Waals surface area contributed by atoms with Gasteiger partial charge in [0, 0.05) is 11.5 Å². The number of rotatable bonds is 3. The first-order chi connectivity index (χ1) is 7.39. The first-order valence-electron chi connectivity index (χ1n) is 6.70. The molecule has 0 aromatic carbocycles. The maximum atomic E-state index is 5.53. The van der Waals surface area contributed by atoms with Crippen molar-refractivity contribution < 1.29 is 4.74 Å². The average molecular weight is 209 g/mol. The molecule has 0 bridgehead atoms. The molecule has 0 spiro atoms. The summed E-state index contributed by atoms with van der Waals surface area (Å²) in [6.07, 6.45) is 10.0. The van der Waals surface area contributed by atoms with Gasteiger partial charge >= 0.3 is 0 Å². The van der Waals surface area contributed by atoms with Crippen molar-refractivity contribution in [2.24, 2.45) is 11.3 Å². The quantitative estimate of drug-likeness (QED) is 0.770. The molecule has 0 radical (unpaired) electrons. The molecule has 15 heavy (non-hydrogen) atoms. The maximum absolute atomic E-state index is 5.53. The third-order valence-corrected chi connectivity index (χ3v) is 4.82. The monoisotopic (exact) mass is 209 g/mol. The Morgan fingerprint density at radius 3 is 2.40 bits per heavy atom. The summed E-state index contributed by atoms with van der Waals surface area (Å²) in [4.78, 5) is 0. The van der Waals surface area contributed by atoms with Gasteiger partial charge < -0.3 is 10.1 Å². The minimum Gasteiger partial charge on any atom is -0.380 e. The van der Waals surface area contributed by atoms with Gasteiger partial charge in [0.2, 0.25) is 0 Å². The van der Waals surface area contributed by atoms with E-state index in [0.717, 1.165) is 25.2 Å². The highest BCUT2D eigenvalue weighted by Crippen LogP contribution is 2.48. The van der Waals surface area contributed by atoms with Crippen LogP contribution in [0.3, 0.4) is 0 Å². The van der Waals surface area contributed by atoms with Gasteiger partial charge in [-0.2, -0.15) is 0 Å². The summed E-state index contributed by atoms with van der Waals surface area (Å²) >= 11 is 0. The molecule has 0 amide bonds. The second kappa shape index (κ2) is 4.06. The van der Waals surface area contributed by atoms with Crippen LogP contribution >= 0.6 is 0 Å². The Kier molecular flexibility index (Phi) is 2.73. The van der Waals surface area contributed by atoms with Crippen molar-refractivity contribution in [2.45, 2.75) is 51.0 Å². The number of hydrogen-bond acceptors (Lipinski definition) is 2. The lowest BCUT2D eigenvalue weighted by Gasteiger charge is -2.47. The molecular weight excluding hydrogens is 186 g/mol. The van der Waals surface area contributed by atoms with Gasteiger partial charge in [0.15, 0.2) is 0 Å². The normalized spacial score (nSPS) is 35.6. The first kappa shape index (κ1) is 10.1. The van der Waals surface area contributed by atoms with Crippen LogP contribution < -0.4 is 5.32 Å². The van der Waals surface area contributed by atoms with Gasteiger partial charge in [-0.05, 0) is 44.6 Å². The third-order valence-electron chi connectivity index (χ3n) is 4.82. The lowest BCUT2D eigenvalue weighted by molar-refractivity contribution is -0.152. The molecule has 2 nitrogen and oxygen atoms in total. The molecule has 1 saturated carbocycles. The van der Waals surface area contributed by atoms with Gasteiger partial charge in [-0.3, -0.25) is 0 Å². The molecular formula is C13H23NO. The summed E-state index contributed by atoms with van der Waals surface area (Å²) < 4.78 is 5.53. The van der Waals surface area contributed by atoms with E-state index in [1.165, 1.54) is 51.5 Å². The van der Waals surface area contributed by atoms with E-state index in [-0.39, 0.29) is 0 Å². The van der Waals surface area contributed by atoms with Crippen molar-refractivity contribution >= 4 is 0 Å². The van der Waals surface area contributed by atoms with Crippen molar-refractivity contribution in [2.75, 3.05) is 19.8 Å². The molecule has 3 rings (SSSR count). The molecule has 2 heterocycles. The zero-order chi connectivity index (χ0) is 10.1. The Hall–Kier alpha value is -0.0800. The van der Waals surface area contributed by atoms with Crippen LogP contribution in [-0.2, 0) is 4.74 Å². The van der Waals surface area contributed by atoms with Crippen molar-refractivity contribution in [3.63, 3.8) is 0 Å². The summed E-state index contributed by atoms with van der Waals surface area (Å²) in [6, 6.07) is 0.800. The van der Waals surface area contributed by atoms with Crippen LogP contribution in [0, 0.1) is 11.3 Å². The lowest BCUT2D eigenvalue weighted by Crippen LogP contribution is -2.50. The molecule has 1 atom stereocenters. The van der Waals surface area contributed by atoms with Crippen molar-refractivity contribution in [3.8, 4) is 0 Å². The molecule has 1 aliphatic carbocycles. The predicted octanol–water partition coefficient (Wildman–Crippen LogP) is 2.34. The molecule has 1 unspecified atom stereocenters. The molecule has 86 valence electrons. The fourth-order valence-electron chi connectivity index (χ4n) is 3.84. The van der Waals surface area contributed by atoms with E-state index in [2.05, 4.69) is 5.32 Å². The second-order valence-electron chi connectivity index (χ2n) is 5.83. The van der Waals surface area contributed by atoms with E-state index in [0.29, 0.717) is 5.41 Å². The minimum absolute atomic E-state index is 0.582. The van der Waals surface area contributed by atoms with Crippen LogP contribution in [-0.4, -0.2) is 25.8 Å². The van der Waals surface area contributed by atoms with E-state index in [1.807, 2.05) is 0 Å². The molecule has 0 aromatic heterocycles. The van der Waals surface area contributed by atoms with E-state index < -0.39 is 0 Å². The Morgan fingerprint density at radius 2 is 1.87 bits per heavy atom. The summed E-state index contributed by atoms with van der Waals surface area (Å²) in [5.41, 5.74) is 0.582. The third kappa shape index (κ3) is 1.83. The Morgan fingerprint density at radius 1 is 1.07 bits per heavy atom. The van der Waals surface area contributed by atoms with Gasteiger partial charge in [0.1, 0.15) is 0 Å². The second-order valence-corrected chi connectivity index (χ2v) is 5.83. The number of hydrogen-bond donors (Lipinski definition) is 1. The average Bonchev–Trinajstić information content (AvgIpc) is 2.84. The van der Waals surface area contributed by atoms with Gasteiger partial charge in [-0.15, -0.1) is 0 Å². The van der Waals surface area contributed by atoms with Crippen LogP contribution in [0.25, 0.3) is 0 Å². The minimum atomic E-state index is 0.582. The van der Waals surface area contributed by atoms with Gasteiger partial charge in [0.05, 0.1) is 13.2 Å². The summed E-state index contributed by atoms with van der Waals surface area (Å²) in [6.45, 7) is 3.35. The van der Waals surface area contributed by atoms with Crippen LogP contribution in [0.2, 0.25) is 0 Å². The van der Waals surface area contributed by atoms with E-state index in [9.17, 15) is 0 Å². The number of nitrogens with one attached hydrogen (secondary N) is 1. The van der Waals surface area contributed by atoms with Crippen LogP contribution in [0.1, 0.15) is 44.9 Å². The fourth-order valence-corrected chi connectivity index (χ4v) is 3.84. The maximum Gasteiger partial charge on any atom is 0.0548 e. The topological polar surface area (TPSA) is 21.3 Å². The molecule has 1 N–H and O–H groups in total. The Labute approximate surface area is 92.8 Å². The lowest BCUT2D eigenvalue weighted by atomic mass is 9.68. The fraction of sp³-hybridized carbons (Fsp3) is 1.00. The van der Waals surface area contributed by atoms with Gasteiger partial charge in [0.25, 0.3) is 0 Å². The summed E-state index contributed by atoms with van der Waals surface area (Å²) in [5.74, 6) is 0.980. The standard InChI is InChI=1S/C13H23NO/c1-2-5-11(4-1)13(9-15-10-13)8-12-6-3-7-14-12/h11-12,14H,1-10H2. The van der Waals surface area contributed by atoms with E-state index in [4.69, 9.17) is 4.74 Å². The highest BCUT2D eigenvalue weighted by molar-refractivity contribution is 4.97. The zero-order valence-corrected chi connectivity index (χ0v) is 9.63. The van der Waals surface area contributed by atoms with Crippen molar-refractivity contribution in [3.05, 3.63) is 0 Å². The molecule has 2 saturated heterocycles. The molecule has 2 heteroatoms. The van der Waals surface area contributed by atoms with Gasteiger partial charge in [-0.25, -0.2) is 0 Å². The molecule has 3 aliphatic rings.